The van der Waals surface area contributed by atoms with Crippen LogP contribution >= 0.6 is 0 Å². The number of benzene rings is 3. The van der Waals surface area contributed by atoms with Gasteiger partial charge in [0.2, 0.25) is 0 Å². The first kappa shape index (κ1) is 26.0. The monoisotopic (exact) mass is 538 g/mol. The standard InChI is InChI=1S/C24H16F6N4O2S/c1-34-21-7-6-18(12-20(21)32-22(34)8-14-2-4-15(13-31)5-3-14)33-37(35,36)19-10-16(23(25,26)27)9-17(11-19)24(28,29)30/h2-7,9-12,33H,8H2,1H3. The number of aryl methyl sites for hydroxylation is 1. The Morgan fingerprint density at radius 3 is 2.05 bits per heavy atom. The number of nitriles is 1. The molecule has 1 aromatic heterocycles. The molecule has 192 valence electrons. The highest BCUT2D eigenvalue weighted by Gasteiger charge is 2.38. The number of nitrogens with zero attached hydrogens (tertiary/aromatic N) is 3. The third-order valence-electron chi connectivity index (χ3n) is 5.54. The number of hydrogen-bond donors (Lipinski definition) is 1. The maximum atomic E-state index is 13.2. The fourth-order valence-corrected chi connectivity index (χ4v) is 4.77. The van der Waals surface area contributed by atoms with Gasteiger partial charge < -0.3 is 4.57 Å². The zero-order valence-corrected chi connectivity index (χ0v) is 19.6. The van der Waals surface area contributed by atoms with Gasteiger partial charge in [-0.3, -0.25) is 4.72 Å². The Bertz CT molecular complexity index is 1600. The van der Waals surface area contributed by atoms with Crippen molar-refractivity contribution in [2.24, 2.45) is 7.05 Å². The number of hydrogen-bond acceptors (Lipinski definition) is 4. The molecule has 0 bridgehead atoms. The van der Waals surface area contributed by atoms with Crippen LogP contribution in [0.1, 0.15) is 28.1 Å². The van der Waals surface area contributed by atoms with Crippen molar-refractivity contribution in [2.75, 3.05) is 4.72 Å². The van der Waals surface area contributed by atoms with Crippen LogP contribution in [0, 0.1) is 11.3 Å². The van der Waals surface area contributed by atoms with Crippen molar-refractivity contribution >= 4 is 26.7 Å². The summed E-state index contributed by atoms with van der Waals surface area (Å²) < 4.78 is 108. The zero-order chi connectivity index (χ0) is 27.2. The molecule has 6 nitrogen and oxygen atoms in total. The topological polar surface area (TPSA) is 87.8 Å². The average Bonchev–Trinajstić information content (AvgIpc) is 3.12. The molecule has 0 aliphatic heterocycles. The minimum atomic E-state index is -5.19. The van der Waals surface area contributed by atoms with Gasteiger partial charge in [0, 0.05) is 13.5 Å². The molecule has 1 heterocycles. The lowest BCUT2D eigenvalue weighted by Crippen LogP contribution is -2.17. The molecule has 0 saturated heterocycles. The van der Waals surface area contributed by atoms with Crippen molar-refractivity contribution in [1.82, 2.24) is 9.55 Å². The lowest BCUT2D eigenvalue weighted by Gasteiger charge is -2.15. The van der Waals surface area contributed by atoms with E-state index in [-0.39, 0.29) is 23.9 Å². The molecular weight excluding hydrogens is 522 g/mol. The Hall–Kier alpha value is -4.05. The number of sulfonamides is 1. The fourth-order valence-electron chi connectivity index (χ4n) is 3.65. The Morgan fingerprint density at radius 2 is 1.51 bits per heavy atom. The number of alkyl halides is 6. The van der Waals surface area contributed by atoms with E-state index < -0.39 is 38.4 Å². The summed E-state index contributed by atoms with van der Waals surface area (Å²) in [4.78, 5) is 3.29. The van der Waals surface area contributed by atoms with Crippen molar-refractivity contribution in [1.29, 1.82) is 5.26 Å². The fraction of sp³-hybridized carbons (Fsp3) is 0.167. The van der Waals surface area contributed by atoms with Crippen molar-refractivity contribution < 1.29 is 34.8 Å². The van der Waals surface area contributed by atoms with Crippen LogP contribution in [0.4, 0.5) is 32.0 Å². The van der Waals surface area contributed by atoms with Crippen LogP contribution in [-0.4, -0.2) is 18.0 Å². The van der Waals surface area contributed by atoms with Crippen LogP contribution in [0.5, 0.6) is 0 Å². The summed E-state index contributed by atoms with van der Waals surface area (Å²) in [6, 6.07) is 13.2. The van der Waals surface area contributed by atoms with Crippen molar-refractivity contribution in [3.63, 3.8) is 0 Å². The zero-order valence-electron chi connectivity index (χ0n) is 18.8. The van der Waals surface area contributed by atoms with E-state index in [4.69, 9.17) is 5.26 Å². The molecule has 0 atom stereocenters. The molecule has 0 fully saturated rings. The second-order valence-electron chi connectivity index (χ2n) is 8.12. The first-order valence-corrected chi connectivity index (χ1v) is 11.9. The minimum absolute atomic E-state index is 0.0958. The van der Waals surface area contributed by atoms with Crippen LogP contribution in [-0.2, 0) is 35.8 Å². The van der Waals surface area contributed by atoms with Gasteiger partial charge in [0.15, 0.2) is 0 Å². The molecule has 0 amide bonds. The first-order valence-electron chi connectivity index (χ1n) is 10.4. The van der Waals surface area contributed by atoms with Gasteiger partial charge in [0.05, 0.1) is 44.4 Å². The molecule has 0 spiro atoms. The first-order chi connectivity index (χ1) is 17.2. The number of nitrogens with one attached hydrogen (secondary N) is 1. The second kappa shape index (κ2) is 9.11. The summed E-state index contributed by atoms with van der Waals surface area (Å²) in [7, 11) is -3.08. The smallest absolute Gasteiger partial charge is 0.331 e. The molecule has 0 radical (unpaired) electrons. The van der Waals surface area contributed by atoms with Gasteiger partial charge in [-0.05, 0) is 54.1 Å². The molecule has 0 aliphatic carbocycles. The molecule has 0 aliphatic rings. The molecular formula is C24H16F6N4O2S. The summed E-state index contributed by atoms with van der Waals surface area (Å²) in [6.07, 6.45) is -9.99. The lowest BCUT2D eigenvalue weighted by atomic mass is 10.1. The maximum absolute atomic E-state index is 13.2. The second-order valence-corrected chi connectivity index (χ2v) is 9.81. The van der Waals surface area contributed by atoms with Gasteiger partial charge in [0.25, 0.3) is 10.0 Å². The summed E-state index contributed by atoms with van der Waals surface area (Å²) in [5, 5.41) is 8.92. The highest BCUT2D eigenvalue weighted by molar-refractivity contribution is 7.92. The van der Waals surface area contributed by atoms with E-state index in [1.807, 2.05) is 10.8 Å². The van der Waals surface area contributed by atoms with Gasteiger partial charge in [-0.25, -0.2) is 13.4 Å². The van der Waals surface area contributed by atoms with Crippen LogP contribution in [0.15, 0.2) is 65.6 Å². The summed E-state index contributed by atoms with van der Waals surface area (Å²) in [6.45, 7) is 0. The SMILES string of the molecule is Cn1c(Cc2ccc(C#N)cc2)nc2cc(NS(=O)(=O)c3cc(C(F)(F)F)cc(C(F)(F)F)c3)ccc21. The predicted octanol–water partition coefficient (Wildman–Crippen LogP) is 5.87. The van der Waals surface area contributed by atoms with Crippen LogP contribution in [0.25, 0.3) is 11.0 Å². The number of anilines is 1. The molecule has 1 N–H and O–H groups in total. The molecule has 37 heavy (non-hydrogen) atoms. The van der Waals surface area contributed by atoms with Crippen LogP contribution in [0.3, 0.4) is 0 Å². The van der Waals surface area contributed by atoms with Crippen LogP contribution in [0.2, 0.25) is 0 Å². The highest BCUT2D eigenvalue weighted by atomic mass is 32.2. The summed E-state index contributed by atoms with van der Waals surface area (Å²) in [5.41, 5.74) is -1.25. The number of imidazole rings is 1. The van der Waals surface area contributed by atoms with E-state index in [0.29, 0.717) is 28.8 Å². The van der Waals surface area contributed by atoms with E-state index in [9.17, 15) is 34.8 Å². The van der Waals surface area contributed by atoms with Gasteiger partial charge in [-0.1, -0.05) is 12.1 Å². The molecule has 4 rings (SSSR count). The summed E-state index contributed by atoms with van der Waals surface area (Å²) in [5.74, 6) is 0.604. The van der Waals surface area contributed by atoms with Crippen LogP contribution < -0.4 is 4.72 Å². The predicted molar refractivity (Wildman–Crippen MR) is 122 cm³/mol. The molecule has 3 aromatic carbocycles. The Labute approximate surface area is 206 Å². The minimum Gasteiger partial charge on any atom is -0.331 e. The van der Waals surface area contributed by atoms with Gasteiger partial charge in [-0.15, -0.1) is 0 Å². The molecule has 0 saturated carbocycles. The average molecular weight is 538 g/mol. The maximum Gasteiger partial charge on any atom is 0.416 e. The van der Waals surface area contributed by atoms with E-state index in [1.54, 1.807) is 35.9 Å². The third kappa shape index (κ3) is 5.54. The van der Waals surface area contributed by atoms with Crippen molar-refractivity contribution in [3.05, 3.63) is 88.7 Å². The van der Waals surface area contributed by atoms with E-state index >= 15 is 0 Å². The van der Waals surface area contributed by atoms with Crippen molar-refractivity contribution in [3.8, 4) is 6.07 Å². The molecule has 0 unspecified atom stereocenters. The third-order valence-corrected chi connectivity index (χ3v) is 6.90. The van der Waals surface area contributed by atoms with Gasteiger partial charge in [0.1, 0.15) is 5.82 Å². The normalized spacial score (nSPS) is 12.5. The molecule has 4 aromatic rings. The number of aromatic nitrogens is 2. The van der Waals surface area contributed by atoms with Gasteiger partial charge in [-0.2, -0.15) is 31.6 Å². The van der Waals surface area contributed by atoms with E-state index in [2.05, 4.69) is 4.98 Å². The Morgan fingerprint density at radius 1 is 0.919 bits per heavy atom. The highest BCUT2D eigenvalue weighted by Crippen LogP contribution is 2.37. The Balaban J connectivity index is 1.67. The van der Waals surface area contributed by atoms with E-state index in [0.717, 1.165) is 5.56 Å². The van der Waals surface area contributed by atoms with Gasteiger partial charge >= 0.3 is 12.4 Å². The lowest BCUT2D eigenvalue weighted by molar-refractivity contribution is -0.143. The van der Waals surface area contributed by atoms with E-state index in [1.165, 1.54) is 18.2 Å². The van der Waals surface area contributed by atoms with Crippen molar-refractivity contribution in [2.45, 2.75) is 23.7 Å². The molecule has 13 heteroatoms. The number of fused-ring (bicyclic) bond motifs is 1. The summed E-state index contributed by atoms with van der Waals surface area (Å²) >= 11 is 0. The Kier molecular flexibility index (Phi) is 6.41. The number of halogens is 6. The number of rotatable bonds is 5. The quantitative estimate of drug-likeness (QED) is 0.322. The largest absolute Gasteiger partial charge is 0.416 e.